The van der Waals surface area contributed by atoms with Crippen molar-refractivity contribution in [2.45, 2.75) is 24.2 Å². The van der Waals surface area contributed by atoms with Crippen LogP contribution in [0, 0.1) is 0 Å². The lowest BCUT2D eigenvalue weighted by Crippen LogP contribution is -2.26. The maximum absolute atomic E-state index is 12.5. The molecule has 3 aromatic carbocycles. The molecule has 0 bridgehead atoms. The molecule has 0 aliphatic rings. The minimum absolute atomic E-state index is 0.135. The van der Waals surface area contributed by atoms with Crippen LogP contribution in [-0.2, 0) is 27.7 Å². The van der Waals surface area contributed by atoms with E-state index in [-0.39, 0.29) is 17.2 Å². The highest BCUT2D eigenvalue weighted by Crippen LogP contribution is 2.23. The van der Waals surface area contributed by atoms with Crippen molar-refractivity contribution in [1.29, 1.82) is 0 Å². The number of aryl methyl sites for hydroxylation is 1. The van der Waals surface area contributed by atoms with Gasteiger partial charge in [0.15, 0.2) is 0 Å². The fourth-order valence-corrected chi connectivity index (χ4v) is 4.14. The molecule has 162 valence electrons. The number of anilines is 1. The molecule has 0 fully saturated rings. The summed E-state index contributed by atoms with van der Waals surface area (Å²) in [4.78, 5) is 12.5. The average molecular weight is 439 g/mol. The standard InChI is InChI=1S/C24H26N2O4S/c1-30-23-10-6-5-9-22(23)26-24(27)16-13-20-11-14-21(15-12-20)31(28,29)25-18-17-19-7-3-2-4-8-19/h2-12,14-15,25H,13,16-18H2,1H3,(H,26,27). The van der Waals surface area contributed by atoms with Gasteiger partial charge in [0.2, 0.25) is 15.9 Å². The van der Waals surface area contributed by atoms with Crippen LogP contribution in [0.1, 0.15) is 17.5 Å². The maximum Gasteiger partial charge on any atom is 0.240 e. The molecule has 0 spiro atoms. The van der Waals surface area contributed by atoms with E-state index in [0.717, 1.165) is 11.1 Å². The Labute approximate surface area is 183 Å². The lowest BCUT2D eigenvalue weighted by Gasteiger charge is -2.10. The van der Waals surface area contributed by atoms with E-state index in [1.165, 1.54) is 0 Å². The van der Waals surface area contributed by atoms with Crippen LogP contribution in [0.25, 0.3) is 0 Å². The van der Waals surface area contributed by atoms with Gasteiger partial charge in [-0.2, -0.15) is 0 Å². The van der Waals surface area contributed by atoms with Gasteiger partial charge in [0.25, 0.3) is 0 Å². The van der Waals surface area contributed by atoms with E-state index in [4.69, 9.17) is 4.74 Å². The van der Waals surface area contributed by atoms with Crippen LogP contribution in [-0.4, -0.2) is 28.0 Å². The predicted octanol–water partition coefficient (Wildman–Crippen LogP) is 3.79. The number of rotatable bonds is 10. The molecule has 1 amide bonds. The fraction of sp³-hybridized carbons (Fsp3) is 0.208. The first-order valence-corrected chi connectivity index (χ1v) is 11.5. The summed E-state index contributed by atoms with van der Waals surface area (Å²) in [5, 5.41) is 2.83. The number of hydrogen-bond acceptors (Lipinski definition) is 4. The van der Waals surface area contributed by atoms with Gasteiger partial charge in [0.05, 0.1) is 17.7 Å². The number of ether oxygens (including phenoxy) is 1. The molecule has 0 heterocycles. The van der Waals surface area contributed by atoms with Crippen LogP contribution in [0.4, 0.5) is 5.69 Å². The van der Waals surface area contributed by atoms with E-state index in [9.17, 15) is 13.2 Å². The van der Waals surface area contributed by atoms with Gasteiger partial charge in [-0.05, 0) is 48.2 Å². The quantitative estimate of drug-likeness (QED) is 0.504. The first-order chi connectivity index (χ1) is 15.0. The summed E-state index contributed by atoms with van der Waals surface area (Å²) < 4.78 is 32.8. The van der Waals surface area contributed by atoms with Crippen molar-refractivity contribution >= 4 is 21.6 Å². The van der Waals surface area contributed by atoms with Crippen molar-refractivity contribution in [3.63, 3.8) is 0 Å². The van der Waals surface area contributed by atoms with Crippen molar-refractivity contribution in [3.8, 4) is 5.75 Å². The van der Waals surface area contributed by atoms with E-state index >= 15 is 0 Å². The third-order valence-corrected chi connectivity index (χ3v) is 6.28. The molecule has 7 heteroatoms. The van der Waals surface area contributed by atoms with E-state index in [0.29, 0.717) is 30.8 Å². The zero-order chi connectivity index (χ0) is 22.1. The molecule has 31 heavy (non-hydrogen) atoms. The molecule has 0 aliphatic heterocycles. The Morgan fingerprint density at radius 3 is 2.19 bits per heavy atom. The summed E-state index contributed by atoms with van der Waals surface area (Å²) >= 11 is 0. The number of methoxy groups -OCH3 is 1. The molecule has 3 aromatic rings. The zero-order valence-corrected chi connectivity index (χ0v) is 18.2. The topological polar surface area (TPSA) is 84.5 Å². The predicted molar refractivity (Wildman–Crippen MR) is 122 cm³/mol. The van der Waals surface area contributed by atoms with Crippen LogP contribution >= 0.6 is 0 Å². The third kappa shape index (κ3) is 6.67. The molecule has 0 saturated carbocycles. The molecule has 0 atom stereocenters. The third-order valence-electron chi connectivity index (χ3n) is 4.80. The van der Waals surface area contributed by atoms with Gasteiger partial charge in [-0.15, -0.1) is 0 Å². The average Bonchev–Trinajstić information content (AvgIpc) is 2.79. The van der Waals surface area contributed by atoms with E-state index in [1.807, 2.05) is 42.5 Å². The van der Waals surface area contributed by atoms with E-state index < -0.39 is 10.0 Å². The van der Waals surface area contributed by atoms with Crippen LogP contribution in [0.3, 0.4) is 0 Å². The van der Waals surface area contributed by atoms with Crippen molar-refractivity contribution in [2.24, 2.45) is 0 Å². The highest BCUT2D eigenvalue weighted by Gasteiger charge is 2.13. The number of nitrogens with one attached hydrogen (secondary N) is 2. The maximum atomic E-state index is 12.5. The van der Waals surface area contributed by atoms with Crippen molar-refractivity contribution < 1.29 is 17.9 Å². The number of hydrogen-bond donors (Lipinski definition) is 2. The van der Waals surface area contributed by atoms with Gasteiger partial charge in [-0.1, -0.05) is 54.6 Å². The highest BCUT2D eigenvalue weighted by atomic mass is 32.2. The second-order valence-corrected chi connectivity index (χ2v) is 8.79. The Morgan fingerprint density at radius 2 is 1.48 bits per heavy atom. The minimum Gasteiger partial charge on any atom is -0.495 e. The lowest BCUT2D eigenvalue weighted by molar-refractivity contribution is -0.116. The summed E-state index contributed by atoms with van der Waals surface area (Å²) in [5.74, 6) is 0.467. The second kappa shape index (κ2) is 10.7. The number of amides is 1. The zero-order valence-electron chi connectivity index (χ0n) is 17.4. The number of sulfonamides is 1. The Morgan fingerprint density at radius 1 is 0.839 bits per heavy atom. The Bertz CT molecular complexity index is 1100. The SMILES string of the molecule is COc1ccccc1NC(=O)CCc1ccc(S(=O)(=O)NCCc2ccccc2)cc1. The van der Waals surface area contributed by atoms with Gasteiger partial charge in [0.1, 0.15) is 5.75 Å². The summed E-state index contributed by atoms with van der Waals surface area (Å²) in [6.45, 7) is 0.331. The van der Waals surface area contributed by atoms with Crippen molar-refractivity contribution in [3.05, 3.63) is 90.0 Å². The Hall–Kier alpha value is -3.16. The van der Waals surface area contributed by atoms with Gasteiger partial charge in [-0.3, -0.25) is 4.79 Å². The van der Waals surface area contributed by atoms with E-state index in [2.05, 4.69) is 10.0 Å². The second-order valence-electron chi connectivity index (χ2n) is 7.03. The molecular weight excluding hydrogens is 412 g/mol. The first kappa shape index (κ1) is 22.5. The molecule has 0 saturated heterocycles. The lowest BCUT2D eigenvalue weighted by atomic mass is 10.1. The van der Waals surface area contributed by atoms with Crippen molar-refractivity contribution in [2.75, 3.05) is 19.0 Å². The minimum atomic E-state index is -3.57. The molecule has 0 radical (unpaired) electrons. The highest BCUT2D eigenvalue weighted by molar-refractivity contribution is 7.89. The van der Waals surface area contributed by atoms with Crippen molar-refractivity contribution in [1.82, 2.24) is 4.72 Å². The number of benzene rings is 3. The molecule has 0 unspecified atom stereocenters. The first-order valence-electron chi connectivity index (χ1n) is 10.0. The van der Waals surface area contributed by atoms with Crippen LogP contribution < -0.4 is 14.8 Å². The largest absolute Gasteiger partial charge is 0.495 e. The van der Waals surface area contributed by atoms with Crippen LogP contribution in [0.5, 0.6) is 5.75 Å². The summed E-state index contributed by atoms with van der Waals surface area (Å²) in [6, 6.07) is 23.5. The molecular formula is C24H26N2O4S. The number of carbonyl (C=O) groups excluding carboxylic acids is 1. The van der Waals surface area contributed by atoms with Crippen LogP contribution in [0.15, 0.2) is 83.8 Å². The molecule has 2 N–H and O–H groups in total. The smallest absolute Gasteiger partial charge is 0.240 e. The molecule has 6 nitrogen and oxygen atoms in total. The number of carbonyl (C=O) groups is 1. The summed E-state index contributed by atoms with van der Waals surface area (Å²) in [5.41, 5.74) is 2.59. The molecule has 3 rings (SSSR count). The van der Waals surface area contributed by atoms with Gasteiger partial charge >= 0.3 is 0 Å². The fourth-order valence-electron chi connectivity index (χ4n) is 3.11. The number of para-hydroxylation sites is 2. The Balaban J connectivity index is 1.50. The summed E-state index contributed by atoms with van der Waals surface area (Å²) in [6.07, 6.45) is 1.40. The Kier molecular flexibility index (Phi) is 7.81. The monoisotopic (exact) mass is 438 g/mol. The molecule has 0 aliphatic carbocycles. The summed E-state index contributed by atoms with van der Waals surface area (Å²) in [7, 11) is -2.02. The van der Waals surface area contributed by atoms with Gasteiger partial charge in [-0.25, -0.2) is 13.1 Å². The van der Waals surface area contributed by atoms with Gasteiger partial charge < -0.3 is 10.1 Å². The normalized spacial score (nSPS) is 11.1. The molecule has 0 aromatic heterocycles. The van der Waals surface area contributed by atoms with Gasteiger partial charge in [0, 0.05) is 13.0 Å². The van der Waals surface area contributed by atoms with Crippen LogP contribution in [0.2, 0.25) is 0 Å². The van der Waals surface area contributed by atoms with E-state index in [1.54, 1.807) is 43.5 Å².